The molecule has 0 amide bonds. The Hall–Kier alpha value is -1.69. The first-order valence-electron chi connectivity index (χ1n) is 8.11. The van der Waals surface area contributed by atoms with Crippen molar-refractivity contribution in [3.63, 3.8) is 0 Å². The summed E-state index contributed by atoms with van der Waals surface area (Å²) in [6.07, 6.45) is 4.84. The Kier molecular flexibility index (Phi) is 2.95. The predicted molar refractivity (Wildman–Crippen MR) is 84.1 cm³/mol. The van der Waals surface area contributed by atoms with E-state index >= 15 is 0 Å². The highest BCUT2D eigenvalue weighted by molar-refractivity contribution is 5.46. The Morgan fingerprint density at radius 3 is 2.64 bits per heavy atom. The molecule has 1 aliphatic heterocycles. The van der Waals surface area contributed by atoms with E-state index in [1.54, 1.807) is 0 Å². The molecule has 0 N–H and O–H groups in total. The van der Waals surface area contributed by atoms with Crippen LogP contribution in [-0.4, -0.2) is 44.1 Å². The average molecular weight is 301 g/mol. The molecular formula is C16H23N5O. The van der Waals surface area contributed by atoms with Gasteiger partial charge in [0.25, 0.3) is 0 Å². The van der Waals surface area contributed by atoms with E-state index in [1.807, 2.05) is 23.6 Å². The highest BCUT2D eigenvalue weighted by Gasteiger charge is 2.46. The zero-order valence-corrected chi connectivity index (χ0v) is 13.5. The Morgan fingerprint density at radius 2 is 1.86 bits per heavy atom. The molecule has 0 unspecified atom stereocenters. The van der Waals surface area contributed by atoms with Gasteiger partial charge in [0, 0.05) is 13.1 Å². The Morgan fingerprint density at radius 1 is 1.09 bits per heavy atom. The minimum Gasteiger partial charge on any atom is -0.365 e. The molecule has 2 aliphatic rings. The molecule has 1 saturated heterocycles. The largest absolute Gasteiger partial charge is 0.365 e. The highest BCUT2D eigenvalue weighted by Crippen LogP contribution is 2.41. The van der Waals surface area contributed by atoms with Crippen molar-refractivity contribution in [3.05, 3.63) is 18.0 Å². The van der Waals surface area contributed by atoms with Crippen molar-refractivity contribution in [2.45, 2.75) is 57.7 Å². The average Bonchev–Trinajstić information content (AvgIpc) is 3.04. The first-order valence-corrected chi connectivity index (χ1v) is 8.11. The highest BCUT2D eigenvalue weighted by atomic mass is 16.5. The van der Waals surface area contributed by atoms with Crippen LogP contribution in [0.4, 0.5) is 5.82 Å². The maximum Gasteiger partial charge on any atom is 0.178 e. The van der Waals surface area contributed by atoms with Gasteiger partial charge in [-0.1, -0.05) is 12.8 Å². The van der Waals surface area contributed by atoms with Gasteiger partial charge in [0.15, 0.2) is 11.5 Å². The Bertz CT molecular complexity index is 702. The van der Waals surface area contributed by atoms with Crippen molar-refractivity contribution in [2.75, 3.05) is 18.0 Å². The monoisotopic (exact) mass is 301 g/mol. The second-order valence-electron chi connectivity index (χ2n) is 7.32. The number of anilines is 1. The van der Waals surface area contributed by atoms with E-state index < -0.39 is 0 Å². The third kappa shape index (κ3) is 2.26. The van der Waals surface area contributed by atoms with Gasteiger partial charge in [0.1, 0.15) is 5.82 Å². The summed E-state index contributed by atoms with van der Waals surface area (Å²) in [5.74, 6) is 1.80. The molecule has 2 aromatic heterocycles. The number of rotatable bonds is 1. The lowest BCUT2D eigenvalue weighted by molar-refractivity contribution is -0.148. The second kappa shape index (κ2) is 4.65. The van der Waals surface area contributed by atoms with Crippen LogP contribution in [0.25, 0.3) is 5.65 Å². The van der Waals surface area contributed by atoms with Crippen molar-refractivity contribution < 1.29 is 4.74 Å². The first-order chi connectivity index (χ1) is 10.5. The third-order valence-corrected chi connectivity index (χ3v) is 4.79. The molecule has 0 bridgehead atoms. The minimum atomic E-state index is -0.151. The summed E-state index contributed by atoms with van der Waals surface area (Å²) >= 11 is 0. The number of hydrogen-bond donors (Lipinski definition) is 0. The summed E-state index contributed by atoms with van der Waals surface area (Å²) in [6.45, 7) is 8.08. The summed E-state index contributed by atoms with van der Waals surface area (Å²) < 4.78 is 8.29. The molecule has 0 radical (unpaired) electrons. The molecule has 22 heavy (non-hydrogen) atoms. The minimum absolute atomic E-state index is 0.000615. The van der Waals surface area contributed by atoms with Crippen molar-refractivity contribution >= 4 is 11.5 Å². The molecule has 4 rings (SSSR count). The van der Waals surface area contributed by atoms with Gasteiger partial charge >= 0.3 is 0 Å². The van der Waals surface area contributed by atoms with Crippen molar-refractivity contribution in [1.29, 1.82) is 0 Å². The van der Waals surface area contributed by atoms with E-state index in [4.69, 9.17) is 9.84 Å². The molecule has 6 heteroatoms. The molecule has 2 fully saturated rings. The lowest BCUT2D eigenvalue weighted by Gasteiger charge is -2.49. The van der Waals surface area contributed by atoms with Crippen LogP contribution >= 0.6 is 0 Å². The fourth-order valence-electron chi connectivity index (χ4n) is 4.01. The molecular weight excluding hydrogens is 278 g/mol. The second-order valence-corrected chi connectivity index (χ2v) is 7.32. The summed E-state index contributed by atoms with van der Waals surface area (Å²) in [6, 6.07) is 4.04. The molecule has 1 spiro atoms. The number of aryl methyl sites for hydroxylation is 1. The zero-order valence-electron chi connectivity index (χ0n) is 13.5. The fourth-order valence-corrected chi connectivity index (χ4v) is 4.01. The summed E-state index contributed by atoms with van der Waals surface area (Å²) in [4.78, 5) is 2.37. The predicted octanol–water partition coefficient (Wildman–Crippen LogP) is 2.36. The number of fused-ring (bicyclic) bond motifs is 1. The van der Waals surface area contributed by atoms with E-state index in [-0.39, 0.29) is 11.2 Å². The molecule has 3 heterocycles. The summed E-state index contributed by atoms with van der Waals surface area (Å²) in [5.41, 5.74) is 0.645. The maximum atomic E-state index is 6.47. The van der Waals surface area contributed by atoms with Crippen LogP contribution in [0.2, 0.25) is 0 Å². The van der Waals surface area contributed by atoms with Gasteiger partial charge in [0.05, 0.1) is 11.2 Å². The van der Waals surface area contributed by atoms with Crippen LogP contribution in [0.3, 0.4) is 0 Å². The van der Waals surface area contributed by atoms with Crippen LogP contribution in [0.5, 0.6) is 0 Å². The van der Waals surface area contributed by atoms with Gasteiger partial charge in [0.2, 0.25) is 0 Å². The van der Waals surface area contributed by atoms with Gasteiger partial charge in [-0.2, -0.15) is 4.52 Å². The fraction of sp³-hybridized carbons (Fsp3) is 0.688. The van der Waals surface area contributed by atoms with Crippen molar-refractivity contribution in [1.82, 2.24) is 19.8 Å². The number of morpholine rings is 1. The summed E-state index contributed by atoms with van der Waals surface area (Å²) in [5, 5.41) is 12.9. The van der Waals surface area contributed by atoms with E-state index in [0.717, 1.165) is 43.2 Å². The molecule has 2 aromatic rings. The van der Waals surface area contributed by atoms with Crippen LogP contribution in [0.1, 0.15) is 45.4 Å². The standard InChI is InChI=1S/C16H23N5O/c1-12-17-18-13-6-7-14(19-21(12)13)20-10-15(2,3)22-16(11-20)8-4-5-9-16/h6-7H,4-5,8-11H2,1-3H3. The van der Waals surface area contributed by atoms with Crippen LogP contribution < -0.4 is 4.90 Å². The van der Waals surface area contributed by atoms with Crippen LogP contribution in [0, 0.1) is 6.92 Å². The smallest absolute Gasteiger partial charge is 0.178 e. The van der Waals surface area contributed by atoms with Crippen LogP contribution in [-0.2, 0) is 4.74 Å². The molecule has 1 saturated carbocycles. The van der Waals surface area contributed by atoms with Gasteiger partial charge in [-0.3, -0.25) is 0 Å². The molecule has 0 aromatic carbocycles. The van der Waals surface area contributed by atoms with Crippen LogP contribution in [0.15, 0.2) is 12.1 Å². The van der Waals surface area contributed by atoms with E-state index in [2.05, 4.69) is 28.9 Å². The number of ether oxygens (including phenoxy) is 1. The molecule has 1 aliphatic carbocycles. The van der Waals surface area contributed by atoms with Gasteiger partial charge in [-0.15, -0.1) is 15.3 Å². The molecule has 6 nitrogen and oxygen atoms in total. The lowest BCUT2D eigenvalue weighted by Crippen LogP contribution is -2.59. The Balaban J connectivity index is 1.71. The normalized spacial score (nSPS) is 23.5. The summed E-state index contributed by atoms with van der Waals surface area (Å²) in [7, 11) is 0. The maximum absolute atomic E-state index is 6.47. The van der Waals surface area contributed by atoms with E-state index in [9.17, 15) is 0 Å². The zero-order chi connectivity index (χ0) is 15.4. The molecule has 118 valence electrons. The van der Waals surface area contributed by atoms with Gasteiger partial charge in [-0.25, -0.2) is 0 Å². The number of nitrogens with zero attached hydrogens (tertiary/aromatic N) is 5. The van der Waals surface area contributed by atoms with E-state index in [0.29, 0.717) is 0 Å². The topological polar surface area (TPSA) is 55.5 Å². The quantitative estimate of drug-likeness (QED) is 0.809. The lowest BCUT2D eigenvalue weighted by atomic mass is 9.94. The Labute approximate surface area is 130 Å². The van der Waals surface area contributed by atoms with Gasteiger partial charge in [-0.05, 0) is 45.7 Å². The molecule has 0 atom stereocenters. The number of aromatic nitrogens is 4. The number of hydrogen-bond acceptors (Lipinski definition) is 5. The first kappa shape index (κ1) is 13.9. The van der Waals surface area contributed by atoms with Crippen molar-refractivity contribution in [2.24, 2.45) is 0 Å². The van der Waals surface area contributed by atoms with Crippen molar-refractivity contribution in [3.8, 4) is 0 Å². The SMILES string of the molecule is Cc1nnc2ccc(N3CC(C)(C)OC4(CCCC4)C3)nn12. The van der Waals surface area contributed by atoms with Gasteiger partial charge < -0.3 is 9.64 Å². The third-order valence-electron chi connectivity index (χ3n) is 4.79. The van der Waals surface area contributed by atoms with E-state index in [1.165, 1.54) is 12.8 Å².